The topological polar surface area (TPSA) is 62.1 Å². The Morgan fingerprint density at radius 1 is 1.43 bits per heavy atom. The first kappa shape index (κ1) is 16.1. The quantitative estimate of drug-likeness (QED) is 0.820. The van der Waals surface area contributed by atoms with Gasteiger partial charge in [0, 0.05) is 24.9 Å². The molecule has 3 heterocycles. The van der Waals surface area contributed by atoms with Gasteiger partial charge in [0.25, 0.3) is 0 Å². The van der Waals surface area contributed by atoms with Crippen LogP contribution < -0.4 is 0 Å². The molecule has 2 aromatic heterocycles. The molecule has 0 saturated carbocycles. The van der Waals surface area contributed by atoms with Gasteiger partial charge in [0.1, 0.15) is 6.61 Å². The molecule has 0 amide bonds. The number of hydrogen-bond acceptors (Lipinski definition) is 5. The molecule has 0 radical (unpaired) electrons. The Hall–Kier alpha value is -1.79. The lowest BCUT2D eigenvalue weighted by molar-refractivity contribution is 0.00815. The standard InChI is InChI=1S/C17H24N4O2/c1-12(2)17-19-16(11-22-10-14-5-4-8-23-14)21(20-17)15-6-7-18-9-13(15)3/h6-7,9,12,14H,4-5,8,10-11H2,1-3H3. The van der Waals surface area contributed by atoms with Crippen molar-refractivity contribution in [3.05, 3.63) is 35.7 Å². The van der Waals surface area contributed by atoms with Crippen LogP contribution in [0.1, 0.15) is 49.8 Å². The van der Waals surface area contributed by atoms with E-state index >= 15 is 0 Å². The number of ether oxygens (including phenoxy) is 2. The van der Waals surface area contributed by atoms with Crippen molar-refractivity contribution in [3.63, 3.8) is 0 Å². The van der Waals surface area contributed by atoms with Crippen LogP contribution in [0.5, 0.6) is 0 Å². The second-order valence-electron chi connectivity index (χ2n) is 6.27. The van der Waals surface area contributed by atoms with Crippen molar-refractivity contribution >= 4 is 0 Å². The van der Waals surface area contributed by atoms with E-state index in [9.17, 15) is 0 Å². The third kappa shape index (κ3) is 3.76. The summed E-state index contributed by atoms with van der Waals surface area (Å²) in [5.41, 5.74) is 2.06. The van der Waals surface area contributed by atoms with Crippen molar-refractivity contribution in [1.82, 2.24) is 19.7 Å². The molecule has 1 aliphatic heterocycles. The summed E-state index contributed by atoms with van der Waals surface area (Å²) in [4.78, 5) is 8.80. The lowest BCUT2D eigenvalue weighted by Gasteiger charge is -2.11. The maximum absolute atomic E-state index is 5.83. The van der Waals surface area contributed by atoms with E-state index in [1.165, 1.54) is 0 Å². The molecule has 0 bridgehead atoms. The van der Waals surface area contributed by atoms with Gasteiger partial charge in [0.15, 0.2) is 11.6 Å². The van der Waals surface area contributed by atoms with E-state index in [1.54, 1.807) is 6.20 Å². The van der Waals surface area contributed by atoms with E-state index in [-0.39, 0.29) is 12.0 Å². The van der Waals surface area contributed by atoms with Crippen LogP contribution in [0, 0.1) is 6.92 Å². The zero-order valence-electron chi connectivity index (χ0n) is 14.0. The highest BCUT2D eigenvalue weighted by molar-refractivity contribution is 5.37. The monoisotopic (exact) mass is 316 g/mol. The Bertz CT molecular complexity index is 648. The maximum Gasteiger partial charge on any atom is 0.158 e. The molecule has 1 unspecified atom stereocenters. The van der Waals surface area contributed by atoms with E-state index < -0.39 is 0 Å². The molecule has 0 N–H and O–H groups in total. The summed E-state index contributed by atoms with van der Waals surface area (Å²) in [5, 5.41) is 4.66. The summed E-state index contributed by atoms with van der Waals surface area (Å²) in [6.45, 7) is 8.10. The maximum atomic E-state index is 5.83. The van der Waals surface area contributed by atoms with Crippen LogP contribution in [0.25, 0.3) is 5.69 Å². The number of hydrogen-bond donors (Lipinski definition) is 0. The van der Waals surface area contributed by atoms with Gasteiger partial charge in [0.05, 0.1) is 18.4 Å². The molecule has 1 aliphatic rings. The minimum absolute atomic E-state index is 0.221. The van der Waals surface area contributed by atoms with E-state index in [0.29, 0.717) is 13.2 Å². The first-order valence-electron chi connectivity index (χ1n) is 8.21. The second kappa shape index (κ2) is 7.19. The molecule has 6 heteroatoms. The fourth-order valence-electron chi connectivity index (χ4n) is 2.65. The van der Waals surface area contributed by atoms with Crippen molar-refractivity contribution in [3.8, 4) is 5.69 Å². The number of nitrogens with zero attached hydrogens (tertiary/aromatic N) is 4. The Balaban J connectivity index is 1.78. The van der Waals surface area contributed by atoms with Crippen molar-refractivity contribution in [1.29, 1.82) is 0 Å². The molecule has 1 saturated heterocycles. The predicted molar refractivity (Wildman–Crippen MR) is 86.6 cm³/mol. The lowest BCUT2D eigenvalue weighted by atomic mass is 10.2. The van der Waals surface area contributed by atoms with E-state index in [4.69, 9.17) is 9.47 Å². The van der Waals surface area contributed by atoms with Gasteiger partial charge in [-0.25, -0.2) is 9.67 Å². The molecule has 2 aromatic rings. The zero-order valence-corrected chi connectivity index (χ0v) is 14.0. The van der Waals surface area contributed by atoms with Crippen LogP contribution in [-0.4, -0.2) is 39.1 Å². The minimum atomic E-state index is 0.221. The molecule has 0 aromatic carbocycles. The van der Waals surface area contributed by atoms with Gasteiger partial charge in [-0.3, -0.25) is 4.98 Å². The summed E-state index contributed by atoms with van der Waals surface area (Å²) >= 11 is 0. The summed E-state index contributed by atoms with van der Waals surface area (Å²) in [7, 11) is 0. The van der Waals surface area contributed by atoms with Crippen molar-refractivity contribution in [2.75, 3.05) is 13.2 Å². The number of aryl methyl sites for hydroxylation is 1. The summed E-state index contributed by atoms with van der Waals surface area (Å²) in [5.74, 6) is 1.92. The van der Waals surface area contributed by atoms with Crippen LogP contribution in [0.2, 0.25) is 0 Å². The smallest absolute Gasteiger partial charge is 0.158 e. The van der Waals surface area contributed by atoms with Gasteiger partial charge in [-0.2, -0.15) is 5.10 Å². The molecule has 0 spiro atoms. The molecule has 0 aliphatic carbocycles. The van der Waals surface area contributed by atoms with Gasteiger partial charge in [-0.15, -0.1) is 0 Å². The van der Waals surface area contributed by atoms with E-state index in [0.717, 1.165) is 42.3 Å². The average molecular weight is 316 g/mol. The Labute approximate surface area is 136 Å². The summed E-state index contributed by atoms with van der Waals surface area (Å²) in [6, 6.07) is 1.96. The van der Waals surface area contributed by atoms with Crippen molar-refractivity contribution < 1.29 is 9.47 Å². The number of aromatic nitrogens is 4. The van der Waals surface area contributed by atoms with Gasteiger partial charge < -0.3 is 9.47 Å². The lowest BCUT2D eigenvalue weighted by Crippen LogP contribution is -2.15. The van der Waals surface area contributed by atoms with Gasteiger partial charge in [-0.1, -0.05) is 13.8 Å². The van der Waals surface area contributed by atoms with E-state index in [2.05, 4.69) is 28.9 Å². The van der Waals surface area contributed by atoms with Crippen LogP contribution in [0.4, 0.5) is 0 Å². The molecular formula is C17H24N4O2. The number of rotatable bonds is 6. The van der Waals surface area contributed by atoms with Crippen LogP contribution >= 0.6 is 0 Å². The highest BCUT2D eigenvalue weighted by Crippen LogP contribution is 2.18. The average Bonchev–Trinajstić information content (AvgIpc) is 3.18. The first-order chi connectivity index (χ1) is 11.1. The summed E-state index contributed by atoms with van der Waals surface area (Å²) < 4.78 is 13.3. The highest BCUT2D eigenvalue weighted by Gasteiger charge is 2.18. The second-order valence-corrected chi connectivity index (χ2v) is 6.27. The van der Waals surface area contributed by atoms with Crippen molar-refractivity contribution in [2.24, 2.45) is 0 Å². The molecule has 124 valence electrons. The zero-order chi connectivity index (χ0) is 16.2. The SMILES string of the molecule is Cc1cnccc1-n1nc(C(C)C)nc1COCC1CCCO1. The van der Waals surface area contributed by atoms with Gasteiger partial charge in [0.2, 0.25) is 0 Å². The number of pyridine rings is 1. The summed E-state index contributed by atoms with van der Waals surface area (Å²) in [6.07, 6.45) is 6.03. The van der Waals surface area contributed by atoms with Crippen LogP contribution in [0.15, 0.2) is 18.5 Å². The normalized spacial score (nSPS) is 18.0. The van der Waals surface area contributed by atoms with Gasteiger partial charge >= 0.3 is 0 Å². The van der Waals surface area contributed by atoms with Gasteiger partial charge in [-0.05, 0) is 31.4 Å². The van der Waals surface area contributed by atoms with Crippen LogP contribution in [0.3, 0.4) is 0 Å². The first-order valence-corrected chi connectivity index (χ1v) is 8.21. The molecule has 3 rings (SSSR count). The van der Waals surface area contributed by atoms with E-state index in [1.807, 2.05) is 23.9 Å². The molecular weight excluding hydrogens is 292 g/mol. The highest BCUT2D eigenvalue weighted by atomic mass is 16.5. The minimum Gasteiger partial charge on any atom is -0.376 e. The molecule has 23 heavy (non-hydrogen) atoms. The Morgan fingerprint density at radius 2 is 2.30 bits per heavy atom. The Kier molecular flexibility index (Phi) is 5.03. The molecule has 6 nitrogen and oxygen atoms in total. The Morgan fingerprint density at radius 3 is 3.00 bits per heavy atom. The third-order valence-corrected chi connectivity index (χ3v) is 3.98. The molecule has 1 atom stereocenters. The molecule has 1 fully saturated rings. The fourth-order valence-corrected chi connectivity index (χ4v) is 2.65. The largest absolute Gasteiger partial charge is 0.376 e. The van der Waals surface area contributed by atoms with Crippen LogP contribution in [-0.2, 0) is 16.1 Å². The third-order valence-electron chi connectivity index (χ3n) is 3.98. The predicted octanol–water partition coefficient (Wildman–Crippen LogP) is 2.79. The fraction of sp³-hybridized carbons (Fsp3) is 0.588. The van der Waals surface area contributed by atoms with Crippen molar-refractivity contribution in [2.45, 2.75) is 52.2 Å².